The molecule has 0 rings (SSSR count). The number of carbonyl (C=O) groups is 2. The third-order valence-electron chi connectivity index (χ3n) is 10.9. The first-order valence-corrected chi connectivity index (χ1v) is 26.7. The quantitative estimate of drug-likeness (QED) is 0.0195. The van der Waals surface area contributed by atoms with Gasteiger partial charge in [-0.3, -0.25) is 14.2 Å². The summed E-state index contributed by atoms with van der Waals surface area (Å²) in [4.78, 5) is 37.6. The first kappa shape index (κ1) is 59.2. The molecule has 0 saturated carbocycles. The van der Waals surface area contributed by atoms with Crippen molar-refractivity contribution in [3.63, 3.8) is 0 Å². The van der Waals surface area contributed by atoms with Gasteiger partial charge in [0.15, 0.2) is 6.10 Å². The molecule has 2 atom stereocenters. The Balaban J connectivity index is 4.20. The van der Waals surface area contributed by atoms with Crippen molar-refractivity contribution in [1.82, 2.24) is 0 Å². The zero-order valence-corrected chi connectivity index (χ0v) is 41.3. The van der Waals surface area contributed by atoms with Crippen LogP contribution in [0.5, 0.6) is 0 Å². The lowest BCUT2D eigenvalue weighted by atomic mass is 10.0. The smallest absolute Gasteiger partial charge is 0.306 e. The normalized spacial score (nSPS) is 13.7. The summed E-state index contributed by atoms with van der Waals surface area (Å²) in [5.74, 6) is -0.846. The van der Waals surface area contributed by atoms with Gasteiger partial charge in [-0.25, -0.2) is 0 Å². The van der Waals surface area contributed by atoms with Gasteiger partial charge < -0.3 is 27.9 Å². The van der Waals surface area contributed by atoms with E-state index in [0.717, 1.165) is 64.2 Å². The molecule has 2 unspecified atom stereocenters. The lowest BCUT2D eigenvalue weighted by Crippen LogP contribution is -2.37. The van der Waals surface area contributed by atoms with Crippen LogP contribution in [0.4, 0.5) is 0 Å². The number of ether oxygens (including phenoxy) is 2. The van der Waals surface area contributed by atoms with Crippen molar-refractivity contribution in [2.24, 2.45) is 0 Å². The largest absolute Gasteiger partial charge is 0.756 e. The number of hydrogen-bond donors (Lipinski definition) is 0. The molecule has 0 aliphatic carbocycles. The van der Waals surface area contributed by atoms with Crippen molar-refractivity contribution < 1.29 is 42.1 Å². The van der Waals surface area contributed by atoms with Gasteiger partial charge in [-0.05, 0) is 64.2 Å². The van der Waals surface area contributed by atoms with Gasteiger partial charge in [-0.2, -0.15) is 0 Å². The average molecular weight is 882 g/mol. The number of phosphoric ester groups is 1. The van der Waals surface area contributed by atoms with Crippen LogP contribution in [-0.4, -0.2) is 70.0 Å². The van der Waals surface area contributed by atoms with Crippen molar-refractivity contribution in [2.75, 3.05) is 47.5 Å². The van der Waals surface area contributed by atoms with Gasteiger partial charge in [0.05, 0.1) is 27.7 Å². The first-order valence-electron chi connectivity index (χ1n) is 25.2. The van der Waals surface area contributed by atoms with Crippen molar-refractivity contribution in [3.8, 4) is 0 Å². The maximum Gasteiger partial charge on any atom is 0.306 e. The number of likely N-dealkylation sites (N-methyl/N-ethyl adjacent to an activating group) is 1. The van der Waals surface area contributed by atoms with Crippen molar-refractivity contribution in [3.05, 3.63) is 36.5 Å². The van der Waals surface area contributed by atoms with E-state index in [9.17, 15) is 19.0 Å². The van der Waals surface area contributed by atoms with Gasteiger partial charge in [0, 0.05) is 12.8 Å². The summed E-state index contributed by atoms with van der Waals surface area (Å²) in [5, 5.41) is 0. The lowest BCUT2D eigenvalue weighted by molar-refractivity contribution is -0.870. The molecule has 0 aromatic rings. The SMILES string of the molecule is CCCC/C=C\C/C=C\CCCCCCCC(=O)OC(COC(=O)CCCCCCCCCCCCC/C=C\CCCCCCCCCC)COP(=O)([O-])OCC[N+](C)(C)C. The van der Waals surface area contributed by atoms with Crippen LogP contribution in [0.15, 0.2) is 36.5 Å². The number of rotatable bonds is 46. The van der Waals surface area contributed by atoms with Gasteiger partial charge in [0.25, 0.3) is 7.82 Å². The predicted molar refractivity (Wildman–Crippen MR) is 254 cm³/mol. The second-order valence-electron chi connectivity index (χ2n) is 18.2. The number of hydrogen-bond acceptors (Lipinski definition) is 8. The van der Waals surface area contributed by atoms with Crippen molar-refractivity contribution in [2.45, 2.75) is 232 Å². The second kappa shape index (κ2) is 43.5. The number of phosphoric acid groups is 1. The third-order valence-corrected chi connectivity index (χ3v) is 11.8. The van der Waals surface area contributed by atoms with E-state index >= 15 is 0 Å². The molecule has 0 amide bonds. The zero-order valence-electron chi connectivity index (χ0n) is 40.4. The van der Waals surface area contributed by atoms with Gasteiger partial charge in [-0.1, -0.05) is 185 Å². The Morgan fingerprint density at radius 3 is 1.36 bits per heavy atom. The van der Waals surface area contributed by atoms with E-state index in [2.05, 4.69) is 50.3 Å². The van der Waals surface area contributed by atoms with Crippen LogP contribution in [0.3, 0.4) is 0 Å². The molecule has 0 spiro atoms. The number of allylic oxidation sites excluding steroid dienone is 6. The molecule has 0 aliphatic heterocycles. The van der Waals surface area contributed by atoms with E-state index < -0.39 is 26.5 Å². The Morgan fingerprint density at radius 1 is 0.508 bits per heavy atom. The van der Waals surface area contributed by atoms with E-state index in [1.807, 2.05) is 21.1 Å². The summed E-state index contributed by atoms with van der Waals surface area (Å²) in [6.45, 7) is 4.19. The molecule has 10 heteroatoms. The molecule has 0 bridgehead atoms. The molecule has 0 fully saturated rings. The molecule has 0 saturated heterocycles. The monoisotopic (exact) mass is 882 g/mol. The molecular formula is C51H96NO8P. The van der Waals surface area contributed by atoms with Crippen molar-refractivity contribution >= 4 is 19.8 Å². The molecule has 0 aromatic heterocycles. The molecular weight excluding hydrogens is 786 g/mol. The van der Waals surface area contributed by atoms with E-state index in [-0.39, 0.29) is 32.0 Å². The van der Waals surface area contributed by atoms with E-state index in [1.54, 1.807) is 0 Å². The molecule has 0 aromatic carbocycles. The van der Waals surface area contributed by atoms with Gasteiger partial charge in [0.1, 0.15) is 19.8 Å². The number of esters is 2. The topological polar surface area (TPSA) is 111 Å². The highest BCUT2D eigenvalue weighted by atomic mass is 31.2. The zero-order chi connectivity index (χ0) is 45.0. The Labute approximate surface area is 376 Å². The van der Waals surface area contributed by atoms with Crippen LogP contribution in [0.1, 0.15) is 226 Å². The Kier molecular flexibility index (Phi) is 42.2. The fourth-order valence-corrected chi connectivity index (χ4v) is 7.63. The van der Waals surface area contributed by atoms with E-state index in [1.165, 1.54) is 128 Å². The molecule has 0 heterocycles. The maximum atomic E-state index is 12.7. The fourth-order valence-electron chi connectivity index (χ4n) is 6.90. The number of carbonyl (C=O) groups excluding carboxylic acids is 2. The van der Waals surface area contributed by atoms with Gasteiger partial charge in [-0.15, -0.1) is 0 Å². The van der Waals surface area contributed by atoms with Crippen molar-refractivity contribution in [1.29, 1.82) is 0 Å². The molecule has 0 N–H and O–H groups in total. The van der Waals surface area contributed by atoms with Gasteiger partial charge in [0.2, 0.25) is 0 Å². The summed E-state index contributed by atoms with van der Waals surface area (Å²) in [6, 6.07) is 0. The summed E-state index contributed by atoms with van der Waals surface area (Å²) in [5.41, 5.74) is 0. The lowest BCUT2D eigenvalue weighted by Gasteiger charge is -2.28. The summed E-state index contributed by atoms with van der Waals surface area (Å²) in [7, 11) is 1.16. The van der Waals surface area contributed by atoms with E-state index in [4.69, 9.17) is 18.5 Å². The third kappa shape index (κ3) is 47.5. The van der Waals surface area contributed by atoms with E-state index in [0.29, 0.717) is 17.4 Å². The molecule has 9 nitrogen and oxygen atoms in total. The van der Waals surface area contributed by atoms with Crippen LogP contribution in [0, 0.1) is 0 Å². The van der Waals surface area contributed by atoms with Gasteiger partial charge >= 0.3 is 11.9 Å². The fraction of sp³-hybridized carbons (Fsp3) is 0.843. The number of nitrogens with zero attached hydrogens (tertiary/aromatic N) is 1. The first-order chi connectivity index (χ1) is 29.5. The minimum absolute atomic E-state index is 0.0335. The second-order valence-corrected chi connectivity index (χ2v) is 19.6. The molecule has 358 valence electrons. The predicted octanol–water partition coefficient (Wildman–Crippen LogP) is 14.2. The highest BCUT2D eigenvalue weighted by molar-refractivity contribution is 7.45. The van der Waals surface area contributed by atoms with Crippen LogP contribution >= 0.6 is 7.82 Å². The molecule has 61 heavy (non-hydrogen) atoms. The summed E-state index contributed by atoms with van der Waals surface area (Å²) in [6.07, 6.45) is 50.3. The Bertz CT molecular complexity index is 1130. The van der Waals surface area contributed by atoms with Crippen LogP contribution in [0.25, 0.3) is 0 Å². The summed E-state index contributed by atoms with van der Waals surface area (Å²) >= 11 is 0. The number of quaternary nitrogens is 1. The molecule has 0 aliphatic rings. The van der Waals surface area contributed by atoms with Crippen LogP contribution in [-0.2, 0) is 32.7 Å². The molecule has 0 radical (unpaired) electrons. The Hall–Kier alpha value is -1.77. The maximum absolute atomic E-state index is 12.7. The standard InChI is InChI=1S/C51H96NO8P/c1-6-8-10-12-14-16-18-20-22-23-24-25-26-27-28-29-30-32-33-35-37-39-41-43-50(53)57-47-49(48-59-61(55,56)58-46-45-52(3,4)5)60-51(54)44-42-40-38-36-34-31-21-19-17-15-13-11-9-7-2/h13,15,19,21,23-24,49H,6-12,14,16-18,20,22,25-48H2,1-5H3/b15-13-,21-19-,24-23-. The highest BCUT2D eigenvalue weighted by Gasteiger charge is 2.21. The highest BCUT2D eigenvalue weighted by Crippen LogP contribution is 2.38. The minimum Gasteiger partial charge on any atom is -0.756 e. The van der Waals surface area contributed by atoms with Crippen LogP contribution in [0.2, 0.25) is 0 Å². The minimum atomic E-state index is -4.63. The summed E-state index contributed by atoms with van der Waals surface area (Å²) < 4.78 is 34.0. The average Bonchev–Trinajstić information content (AvgIpc) is 3.21. The Morgan fingerprint density at radius 2 is 0.902 bits per heavy atom. The number of unbranched alkanes of at least 4 members (excludes halogenated alkanes) is 26. The van der Waals surface area contributed by atoms with Crippen LogP contribution < -0.4 is 4.89 Å².